The molecule has 0 fully saturated rings. The lowest BCUT2D eigenvalue weighted by atomic mass is 9.66. The van der Waals surface area contributed by atoms with Crippen LogP contribution in [0.2, 0.25) is 0 Å². The summed E-state index contributed by atoms with van der Waals surface area (Å²) in [4.78, 5) is 0. The Morgan fingerprint density at radius 1 is 0.556 bits per heavy atom. The van der Waals surface area contributed by atoms with Crippen molar-refractivity contribution in [2.24, 2.45) is 0 Å². The second kappa shape index (κ2) is 10.7. The molecule has 6 aromatic carbocycles. The lowest BCUT2D eigenvalue weighted by Crippen LogP contribution is -2.29. The average molecular weight is 589 g/mol. The van der Waals surface area contributed by atoms with E-state index >= 15 is 0 Å². The summed E-state index contributed by atoms with van der Waals surface area (Å²) in [6, 6.07) is 39.9. The van der Waals surface area contributed by atoms with Crippen molar-refractivity contribution in [2.75, 3.05) is 11.5 Å². The molecule has 6 nitrogen and oxygen atoms in total. The standard InChI is InChI=1S/C39H28N2O4/c1-2-24-6-5-8-32-31-7-3-4-9-33(31)39(38(24)32,25-10-14-27(15-11-25)44-29-18-20-34(40)36(42)22-29)26-12-16-28(17-13-26)45-30-19-21-35(41)37(43)23-30/h1,3-23,42-43H,40-41H2. The minimum absolute atomic E-state index is 0.0373. The molecule has 0 unspecified atom stereocenters. The molecule has 0 atom stereocenters. The van der Waals surface area contributed by atoms with Gasteiger partial charge in [0.25, 0.3) is 0 Å². The van der Waals surface area contributed by atoms with Gasteiger partial charge in [-0.3, -0.25) is 0 Å². The van der Waals surface area contributed by atoms with Gasteiger partial charge in [-0.2, -0.15) is 0 Å². The van der Waals surface area contributed by atoms with E-state index in [4.69, 9.17) is 27.4 Å². The highest BCUT2D eigenvalue weighted by atomic mass is 16.5. The minimum atomic E-state index is -0.745. The highest BCUT2D eigenvalue weighted by Gasteiger charge is 2.47. The van der Waals surface area contributed by atoms with Gasteiger partial charge >= 0.3 is 0 Å². The van der Waals surface area contributed by atoms with Gasteiger partial charge in [0.05, 0.1) is 16.8 Å². The van der Waals surface area contributed by atoms with Crippen LogP contribution in [-0.4, -0.2) is 10.2 Å². The summed E-state index contributed by atoms with van der Waals surface area (Å²) in [5.74, 6) is 5.02. The van der Waals surface area contributed by atoms with E-state index in [9.17, 15) is 10.2 Å². The molecule has 0 aromatic heterocycles. The molecule has 0 spiro atoms. The fourth-order valence-corrected chi connectivity index (χ4v) is 6.24. The molecule has 0 saturated heterocycles. The second-order valence-corrected chi connectivity index (χ2v) is 10.9. The number of rotatable bonds is 6. The van der Waals surface area contributed by atoms with Gasteiger partial charge in [0.2, 0.25) is 0 Å². The fraction of sp³-hybridized carbons (Fsp3) is 0.0256. The Balaban J connectivity index is 1.37. The van der Waals surface area contributed by atoms with Gasteiger partial charge in [0, 0.05) is 17.7 Å². The Hall–Kier alpha value is -6.32. The highest BCUT2D eigenvalue weighted by molar-refractivity contribution is 5.88. The molecule has 0 saturated carbocycles. The van der Waals surface area contributed by atoms with Crippen molar-refractivity contribution in [2.45, 2.75) is 5.41 Å². The number of ether oxygens (including phenoxy) is 2. The van der Waals surface area contributed by atoms with Crippen LogP contribution in [0.3, 0.4) is 0 Å². The van der Waals surface area contributed by atoms with E-state index in [0.717, 1.165) is 38.9 Å². The van der Waals surface area contributed by atoms with Crippen molar-refractivity contribution in [3.05, 3.63) is 155 Å². The molecule has 0 radical (unpaired) electrons. The van der Waals surface area contributed by atoms with Gasteiger partial charge in [-0.1, -0.05) is 66.6 Å². The van der Waals surface area contributed by atoms with E-state index in [1.165, 1.54) is 12.1 Å². The van der Waals surface area contributed by atoms with Crippen LogP contribution in [0.5, 0.6) is 34.5 Å². The zero-order chi connectivity index (χ0) is 31.1. The van der Waals surface area contributed by atoms with E-state index < -0.39 is 5.41 Å². The third-order valence-corrected chi connectivity index (χ3v) is 8.27. The number of nitrogen functional groups attached to an aromatic ring is 2. The molecule has 218 valence electrons. The number of nitrogens with two attached hydrogens (primary N) is 2. The summed E-state index contributed by atoms with van der Waals surface area (Å²) < 4.78 is 12.1. The number of benzene rings is 6. The van der Waals surface area contributed by atoms with E-state index in [-0.39, 0.29) is 22.9 Å². The van der Waals surface area contributed by atoms with Crippen LogP contribution >= 0.6 is 0 Å². The molecule has 6 aromatic rings. The fourth-order valence-electron chi connectivity index (χ4n) is 6.24. The van der Waals surface area contributed by atoms with Gasteiger partial charge in [-0.05, 0) is 88.0 Å². The predicted octanol–water partition coefficient (Wildman–Crippen LogP) is 8.19. The van der Waals surface area contributed by atoms with Gasteiger partial charge in [0.15, 0.2) is 0 Å². The molecular weight excluding hydrogens is 560 g/mol. The summed E-state index contributed by atoms with van der Waals surface area (Å²) >= 11 is 0. The first-order chi connectivity index (χ1) is 21.9. The quantitative estimate of drug-likeness (QED) is 0.0886. The Morgan fingerprint density at radius 3 is 1.56 bits per heavy atom. The molecule has 0 amide bonds. The number of anilines is 2. The van der Waals surface area contributed by atoms with Crippen molar-refractivity contribution in [1.29, 1.82) is 0 Å². The van der Waals surface area contributed by atoms with E-state index in [0.29, 0.717) is 23.0 Å². The zero-order valence-electron chi connectivity index (χ0n) is 24.1. The van der Waals surface area contributed by atoms with E-state index in [1.54, 1.807) is 24.3 Å². The zero-order valence-corrected chi connectivity index (χ0v) is 24.1. The van der Waals surface area contributed by atoms with Gasteiger partial charge < -0.3 is 31.2 Å². The van der Waals surface area contributed by atoms with Gasteiger partial charge in [0.1, 0.15) is 34.5 Å². The van der Waals surface area contributed by atoms with E-state index in [1.807, 2.05) is 72.8 Å². The van der Waals surface area contributed by atoms with Gasteiger partial charge in [-0.15, -0.1) is 6.42 Å². The third kappa shape index (κ3) is 4.55. The van der Waals surface area contributed by atoms with Crippen LogP contribution in [0.4, 0.5) is 11.4 Å². The third-order valence-electron chi connectivity index (χ3n) is 8.27. The van der Waals surface area contributed by atoms with E-state index in [2.05, 4.69) is 24.1 Å². The predicted molar refractivity (Wildman–Crippen MR) is 177 cm³/mol. The van der Waals surface area contributed by atoms with Crippen LogP contribution in [0, 0.1) is 12.3 Å². The number of hydrogen-bond acceptors (Lipinski definition) is 6. The SMILES string of the molecule is C#Cc1cccc2c1C(c1ccc(Oc3ccc(N)c(O)c3)cc1)(c1ccc(Oc3ccc(N)c(O)c3)cc1)c1ccccc1-2. The molecule has 6 N–H and O–H groups in total. The molecule has 0 aliphatic heterocycles. The second-order valence-electron chi connectivity index (χ2n) is 10.9. The average Bonchev–Trinajstić information content (AvgIpc) is 3.37. The molecule has 6 heteroatoms. The molecular formula is C39H28N2O4. The summed E-state index contributed by atoms with van der Waals surface area (Å²) in [6.45, 7) is 0. The van der Waals surface area contributed by atoms with Crippen molar-refractivity contribution < 1.29 is 19.7 Å². The van der Waals surface area contributed by atoms with Crippen LogP contribution < -0.4 is 20.9 Å². The summed E-state index contributed by atoms with van der Waals surface area (Å²) in [6.07, 6.45) is 6.15. The van der Waals surface area contributed by atoms with Crippen LogP contribution in [0.25, 0.3) is 11.1 Å². The maximum absolute atomic E-state index is 10.0. The van der Waals surface area contributed by atoms with Crippen molar-refractivity contribution in [3.8, 4) is 58.0 Å². The first-order valence-corrected chi connectivity index (χ1v) is 14.3. The Kier molecular flexibility index (Phi) is 6.57. The normalized spacial score (nSPS) is 12.5. The van der Waals surface area contributed by atoms with Crippen molar-refractivity contribution in [1.82, 2.24) is 0 Å². The maximum atomic E-state index is 10.0. The number of terminal acetylenes is 1. The minimum Gasteiger partial charge on any atom is -0.506 e. The number of phenols is 2. The Bertz CT molecular complexity index is 2020. The van der Waals surface area contributed by atoms with Crippen molar-refractivity contribution in [3.63, 3.8) is 0 Å². The number of hydrogen-bond donors (Lipinski definition) is 4. The monoisotopic (exact) mass is 588 g/mol. The summed E-state index contributed by atoms with van der Waals surface area (Å²) in [5.41, 5.74) is 18.5. The maximum Gasteiger partial charge on any atom is 0.142 e. The molecule has 0 bridgehead atoms. The molecule has 7 rings (SSSR count). The smallest absolute Gasteiger partial charge is 0.142 e. The van der Waals surface area contributed by atoms with Crippen molar-refractivity contribution >= 4 is 11.4 Å². The molecule has 1 aliphatic rings. The topological polar surface area (TPSA) is 111 Å². The number of fused-ring (bicyclic) bond motifs is 3. The van der Waals surface area contributed by atoms with Crippen LogP contribution in [0.15, 0.2) is 127 Å². The molecule has 45 heavy (non-hydrogen) atoms. The van der Waals surface area contributed by atoms with Crippen LogP contribution in [-0.2, 0) is 5.41 Å². The summed E-state index contributed by atoms with van der Waals surface area (Å²) in [7, 11) is 0. The Morgan fingerprint density at radius 2 is 1.04 bits per heavy atom. The lowest BCUT2D eigenvalue weighted by Gasteiger charge is -2.34. The van der Waals surface area contributed by atoms with Gasteiger partial charge in [-0.25, -0.2) is 0 Å². The summed E-state index contributed by atoms with van der Waals surface area (Å²) in [5, 5.41) is 20.1. The molecule has 0 heterocycles. The molecule has 1 aliphatic carbocycles. The van der Waals surface area contributed by atoms with Crippen LogP contribution in [0.1, 0.15) is 27.8 Å². The number of aromatic hydroxyl groups is 2. The highest BCUT2D eigenvalue weighted by Crippen LogP contribution is 2.57. The Labute approximate surface area is 260 Å². The largest absolute Gasteiger partial charge is 0.506 e. The lowest BCUT2D eigenvalue weighted by molar-refractivity contribution is 0.456. The number of phenolic OH excluding ortho intramolecular Hbond substituents is 2. The first-order valence-electron chi connectivity index (χ1n) is 14.3. The first kappa shape index (κ1) is 27.5.